The van der Waals surface area contributed by atoms with Crippen LogP contribution in [-0.2, 0) is 6.18 Å². The second-order valence-electron chi connectivity index (χ2n) is 4.44. The van der Waals surface area contributed by atoms with Crippen molar-refractivity contribution in [1.29, 1.82) is 0 Å². The number of alkyl halides is 3. The minimum Gasteiger partial charge on any atom is -0.393 e. The van der Waals surface area contributed by atoms with Gasteiger partial charge in [0.1, 0.15) is 0 Å². The molecule has 1 heterocycles. The van der Waals surface area contributed by atoms with Crippen LogP contribution in [0.4, 0.5) is 18.3 Å². The second-order valence-corrected chi connectivity index (χ2v) is 5.92. The van der Waals surface area contributed by atoms with E-state index in [-0.39, 0.29) is 11.0 Å². The fraction of sp³-hybridized carbons (Fsp3) is 0.700. The normalized spacial score (nSPS) is 11.9. The van der Waals surface area contributed by atoms with Gasteiger partial charge in [-0.2, -0.15) is 13.2 Å². The van der Waals surface area contributed by atoms with E-state index in [2.05, 4.69) is 10.2 Å². The average Bonchev–Trinajstić information content (AvgIpc) is 2.71. The number of hydrogen-bond donors (Lipinski definition) is 1. The van der Waals surface area contributed by atoms with Gasteiger partial charge in [-0.05, 0) is 5.92 Å². The number of halogens is 3. The Bertz CT molecular complexity index is 431. The van der Waals surface area contributed by atoms with Crippen molar-refractivity contribution in [3.8, 4) is 0 Å². The van der Waals surface area contributed by atoms with Crippen LogP contribution in [0.25, 0.3) is 0 Å². The van der Waals surface area contributed by atoms with Crippen LogP contribution in [0.3, 0.4) is 0 Å². The monoisotopic (exact) mass is 312 g/mol. The number of thiocarbonyl (C=S) groups is 1. The van der Waals surface area contributed by atoms with Crippen molar-refractivity contribution in [2.24, 2.45) is 11.7 Å². The van der Waals surface area contributed by atoms with E-state index >= 15 is 0 Å². The highest BCUT2D eigenvalue weighted by molar-refractivity contribution is 7.80. The molecule has 1 rings (SSSR count). The zero-order chi connectivity index (χ0) is 14.6. The van der Waals surface area contributed by atoms with Crippen LogP contribution in [-0.4, -0.2) is 28.3 Å². The van der Waals surface area contributed by atoms with Crippen LogP contribution in [0.5, 0.6) is 0 Å². The van der Waals surface area contributed by atoms with Gasteiger partial charge in [-0.25, -0.2) is 0 Å². The summed E-state index contributed by atoms with van der Waals surface area (Å²) in [6.45, 7) is 4.97. The summed E-state index contributed by atoms with van der Waals surface area (Å²) < 4.78 is 37.5. The number of rotatable bonds is 6. The van der Waals surface area contributed by atoms with E-state index in [0.29, 0.717) is 35.8 Å². The van der Waals surface area contributed by atoms with Gasteiger partial charge in [0.25, 0.3) is 0 Å². The minimum absolute atomic E-state index is 0.247. The maximum atomic E-state index is 12.5. The first-order valence-electron chi connectivity index (χ1n) is 5.64. The van der Waals surface area contributed by atoms with Crippen molar-refractivity contribution >= 4 is 33.7 Å². The zero-order valence-corrected chi connectivity index (χ0v) is 12.2. The molecule has 0 spiro atoms. The van der Waals surface area contributed by atoms with E-state index in [1.165, 1.54) is 0 Å². The lowest BCUT2D eigenvalue weighted by atomic mass is 10.2. The van der Waals surface area contributed by atoms with E-state index in [9.17, 15) is 13.2 Å². The summed E-state index contributed by atoms with van der Waals surface area (Å²) in [4.78, 5) is 2.06. The summed E-state index contributed by atoms with van der Waals surface area (Å²) in [7, 11) is 0. The Morgan fingerprint density at radius 1 is 1.42 bits per heavy atom. The number of anilines is 1. The molecule has 0 bridgehead atoms. The van der Waals surface area contributed by atoms with E-state index in [1.54, 1.807) is 4.90 Å². The summed E-state index contributed by atoms with van der Waals surface area (Å²) in [5, 5.41) is 6.09. The molecule has 1 aromatic rings. The van der Waals surface area contributed by atoms with Gasteiger partial charge in [-0.15, -0.1) is 10.2 Å². The third-order valence-electron chi connectivity index (χ3n) is 2.14. The molecule has 0 saturated heterocycles. The van der Waals surface area contributed by atoms with Crippen molar-refractivity contribution in [1.82, 2.24) is 10.2 Å². The third kappa shape index (κ3) is 5.27. The van der Waals surface area contributed by atoms with Crippen molar-refractivity contribution < 1.29 is 13.2 Å². The van der Waals surface area contributed by atoms with E-state index in [1.807, 2.05) is 13.8 Å². The second kappa shape index (κ2) is 6.47. The highest BCUT2D eigenvalue weighted by Crippen LogP contribution is 2.34. The first-order chi connectivity index (χ1) is 8.70. The molecule has 2 N–H and O–H groups in total. The molecule has 1 aromatic heterocycles. The largest absolute Gasteiger partial charge is 0.445 e. The molecule has 0 aliphatic rings. The molecule has 0 saturated carbocycles. The summed E-state index contributed by atoms with van der Waals surface area (Å²) in [6, 6.07) is 0. The molecule has 108 valence electrons. The molecule has 0 atom stereocenters. The van der Waals surface area contributed by atoms with E-state index in [4.69, 9.17) is 18.0 Å². The fourth-order valence-electron chi connectivity index (χ4n) is 1.41. The van der Waals surface area contributed by atoms with Gasteiger partial charge in [0.05, 0.1) is 4.99 Å². The maximum absolute atomic E-state index is 12.5. The summed E-state index contributed by atoms with van der Waals surface area (Å²) in [6.07, 6.45) is -4.02. The molecule has 0 radical (unpaired) electrons. The van der Waals surface area contributed by atoms with Crippen LogP contribution >= 0.6 is 23.6 Å². The van der Waals surface area contributed by atoms with Gasteiger partial charge in [0, 0.05) is 19.5 Å². The average molecular weight is 312 g/mol. The number of nitrogens with two attached hydrogens (primary N) is 1. The van der Waals surface area contributed by atoms with Crippen molar-refractivity contribution in [2.75, 3.05) is 18.0 Å². The molecular weight excluding hydrogens is 297 g/mol. The molecule has 0 aliphatic carbocycles. The third-order valence-corrected chi connectivity index (χ3v) is 3.37. The predicted molar refractivity (Wildman–Crippen MR) is 73.4 cm³/mol. The van der Waals surface area contributed by atoms with Gasteiger partial charge in [-0.3, -0.25) is 0 Å². The first-order valence-corrected chi connectivity index (χ1v) is 6.86. The number of aromatic nitrogens is 2. The van der Waals surface area contributed by atoms with Gasteiger partial charge in [-0.1, -0.05) is 37.4 Å². The molecule has 0 aliphatic heterocycles. The predicted octanol–water partition coefficient (Wildman–Crippen LogP) is 2.70. The maximum Gasteiger partial charge on any atom is 0.445 e. The quantitative estimate of drug-likeness (QED) is 0.819. The Morgan fingerprint density at radius 3 is 2.47 bits per heavy atom. The van der Waals surface area contributed by atoms with E-state index in [0.717, 1.165) is 0 Å². The van der Waals surface area contributed by atoms with Crippen LogP contribution in [0.15, 0.2) is 0 Å². The molecule has 0 fully saturated rings. The number of nitrogens with zero attached hydrogens (tertiary/aromatic N) is 3. The standard InChI is InChI=1S/C10H15F3N4S2/c1-6(2)5-17(4-3-7(14)18)9-16-15-8(19-9)10(11,12)13/h6H,3-5H2,1-2H3,(H2,14,18). The van der Waals surface area contributed by atoms with Gasteiger partial charge < -0.3 is 10.6 Å². The topological polar surface area (TPSA) is 55.0 Å². The van der Waals surface area contributed by atoms with Crippen LogP contribution in [0.1, 0.15) is 25.3 Å². The summed E-state index contributed by atoms with van der Waals surface area (Å²) >= 11 is 5.32. The van der Waals surface area contributed by atoms with Gasteiger partial charge >= 0.3 is 6.18 Å². The molecule has 0 amide bonds. The Hall–Kier alpha value is -0.960. The molecule has 19 heavy (non-hydrogen) atoms. The highest BCUT2D eigenvalue weighted by Gasteiger charge is 2.36. The zero-order valence-electron chi connectivity index (χ0n) is 10.6. The van der Waals surface area contributed by atoms with Crippen LogP contribution in [0.2, 0.25) is 0 Å². The smallest absolute Gasteiger partial charge is 0.393 e. The fourth-order valence-corrected chi connectivity index (χ4v) is 2.25. The Morgan fingerprint density at radius 2 is 2.05 bits per heavy atom. The first kappa shape index (κ1) is 16.1. The van der Waals surface area contributed by atoms with Gasteiger partial charge in [0.15, 0.2) is 0 Å². The highest BCUT2D eigenvalue weighted by atomic mass is 32.1. The molecule has 9 heteroatoms. The van der Waals surface area contributed by atoms with Crippen molar-refractivity contribution in [3.05, 3.63) is 5.01 Å². The molecular formula is C10H15F3N4S2. The molecule has 0 unspecified atom stereocenters. The summed E-state index contributed by atoms with van der Waals surface area (Å²) in [5.41, 5.74) is 5.42. The van der Waals surface area contributed by atoms with Crippen molar-refractivity contribution in [2.45, 2.75) is 26.4 Å². The van der Waals surface area contributed by atoms with E-state index < -0.39 is 11.2 Å². The minimum atomic E-state index is -4.46. The lowest BCUT2D eigenvalue weighted by Gasteiger charge is -2.23. The molecule has 0 aromatic carbocycles. The van der Waals surface area contributed by atoms with Crippen molar-refractivity contribution in [3.63, 3.8) is 0 Å². The lowest BCUT2D eigenvalue weighted by Crippen LogP contribution is -2.30. The van der Waals surface area contributed by atoms with Crippen LogP contribution < -0.4 is 10.6 Å². The SMILES string of the molecule is CC(C)CN(CCC(N)=S)c1nnc(C(F)(F)F)s1. The van der Waals surface area contributed by atoms with Gasteiger partial charge in [0.2, 0.25) is 10.1 Å². The number of hydrogen-bond acceptors (Lipinski definition) is 5. The van der Waals surface area contributed by atoms with Crippen LogP contribution in [0, 0.1) is 5.92 Å². The Balaban J connectivity index is 2.84. The Labute approximate surface area is 118 Å². The lowest BCUT2D eigenvalue weighted by molar-refractivity contribution is -0.138. The summed E-state index contributed by atoms with van der Waals surface area (Å²) in [5.74, 6) is 0.282. The molecule has 4 nitrogen and oxygen atoms in total. The Kier molecular flexibility index (Phi) is 5.48.